The molecule has 2 aliphatic carbocycles. The minimum absolute atomic E-state index is 0.0333. The third-order valence-corrected chi connectivity index (χ3v) is 4.17. The van der Waals surface area contributed by atoms with Crippen molar-refractivity contribution in [2.24, 2.45) is 0 Å². The number of carbonyl (C=O) groups excluding carboxylic acids is 1. The second-order valence-corrected chi connectivity index (χ2v) is 5.66. The van der Waals surface area contributed by atoms with E-state index in [-0.39, 0.29) is 5.91 Å². The van der Waals surface area contributed by atoms with Gasteiger partial charge in [-0.25, -0.2) is 4.98 Å². The fourth-order valence-electron chi connectivity index (χ4n) is 2.75. The molecule has 102 valence electrons. The van der Waals surface area contributed by atoms with Crippen molar-refractivity contribution in [2.75, 3.05) is 5.32 Å². The monoisotopic (exact) mass is 259 g/mol. The van der Waals surface area contributed by atoms with Crippen LogP contribution in [0.2, 0.25) is 0 Å². The van der Waals surface area contributed by atoms with Crippen molar-refractivity contribution < 1.29 is 4.79 Å². The lowest BCUT2D eigenvalue weighted by molar-refractivity contribution is 0.0938. The van der Waals surface area contributed by atoms with Crippen LogP contribution in [0.4, 0.5) is 5.82 Å². The van der Waals surface area contributed by atoms with Gasteiger partial charge in [0.05, 0.1) is 0 Å². The first-order chi connectivity index (χ1) is 9.31. The van der Waals surface area contributed by atoms with Crippen molar-refractivity contribution in [1.82, 2.24) is 10.3 Å². The van der Waals surface area contributed by atoms with Gasteiger partial charge in [-0.1, -0.05) is 12.8 Å². The molecule has 0 radical (unpaired) electrons. The Morgan fingerprint density at radius 3 is 2.53 bits per heavy atom. The topological polar surface area (TPSA) is 54.0 Å². The van der Waals surface area contributed by atoms with E-state index in [1.165, 1.54) is 32.1 Å². The Morgan fingerprint density at radius 2 is 1.84 bits per heavy atom. The highest BCUT2D eigenvalue weighted by atomic mass is 16.1. The van der Waals surface area contributed by atoms with Crippen LogP contribution in [0.15, 0.2) is 18.3 Å². The first-order valence-electron chi connectivity index (χ1n) is 7.35. The van der Waals surface area contributed by atoms with Gasteiger partial charge < -0.3 is 10.6 Å². The minimum Gasteiger partial charge on any atom is -0.367 e. The summed E-state index contributed by atoms with van der Waals surface area (Å²) < 4.78 is 0. The molecule has 2 fully saturated rings. The number of nitrogens with one attached hydrogen (secondary N) is 2. The zero-order valence-corrected chi connectivity index (χ0v) is 11.2. The molecule has 0 aliphatic heterocycles. The van der Waals surface area contributed by atoms with Crippen LogP contribution in [0.25, 0.3) is 0 Å². The molecule has 3 rings (SSSR count). The summed E-state index contributed by atoms with van der Waals surface area (Å²) in [6.45, 7) is 0. The van der Waals surface area contributed by atoms with Crippen LogP contribution in [0.5, 0.6) is 0 Å². The molecular weight excluding hydrogens is 238 g/mol. The Morgan fingerprint density at radius 1 is 1.11 bits per heavy atom. The second-order valence-electron chi connectivity index (χ2n) is 5.66. The Kier molecular flexibility index (Phi) is 3.67. The smallest absolute Gasteiger partial charge is 0.251 e. The van der Waals surface area contributed by atoms with E-state index in [0.717, 1.165) is 18.7 Å². The molecule has 2 aliphatic rings. The number of aromatic nitrogens is 1. The van der Waals surface area contributed by atoms with Crippen LogP contribution >= 0.6 is 0 Å². The predicted molar refractivity (Wildman–Crippen MR) is 75.2 cm³/mol. The molecule has 4 heteroatoms. The molecule has 1 heterocycles. The summed E-state index contributed by atoms with van der Waals surface area (Å²) in [5.74, 6) is 0.856. The molecule has 1 amide bonds. The Bertz CT molecular complexity index is 450. The van der Waals surface area contributed by atoms with Gasteiger partial charge in [0, 0.05) is 23.8 Å². The van der Waals surface area contributed by atoms with E-state index < -0.39 is 0 Å². The van der Waals surface area contributed by atoms with Crippen molar-refractivity contribution in [3.63, 3.8) is 0 Å². The second kappa shape index (κ2) is 5.59. The lowest BCUT2D eigenvalue weighted by Gasteiger charge is -2.27. The van der Waals surface area contributed by atoms with Gasteiger partial charge >= 0.3 is 0 Å². The number of pyridine rings is 1. The molecule has 19 heavy (non-hydrogen) atoms. The van der Waals surface area contributed by atoms with E-state index in [0.29, 0.717) is 17.6 Å². The standard InChI is InChI=1S/C15H21N3O/c19-15(18-13-4-1-2-5-13)11-8-9-16-14(10-11)17-12-6-3-7-12/h8-10,12-13H,1-7H2,(H,16,17)(H,18,19). The Balaban J connectivity index is 1.62. The first-order valence-corrected chi connectivity index (χ1v) is 7.35. The summed E-state index contributed by atoms with van der Waals surface area (Å²) in [6.07, 6.45) is 10.1. The van der Waals surface area contributed by atoms with Gasteiger partial charge in [0.15, 0.2) is 0 Å². The summed E-state index contributed by atoms with van der Waals surface area (Å²) in [4.78, 5) is 16.4. The number of nitrogens with zero attached hydrogens (tertiary/aromatic N) is 1. The number of rotatable bonds is 4. The van der Waals surface area contributed by atoms with Crippen LogP contribution < -0.4 is 10.6 Å². The van der Waals surface area contributed by atoms with Crippen molar-refractivity contribution in [1.29, 1.82) is 0 Å². The third kappa shape index (κ3) is 3.06. The number of hydrogen-bond acceptors (Lipinski definition) is 3. The van der Waals surface area contributed by atoms with E-state index in [1.54, 1.807) is 12.3 Å². The van der Waals surface area contributed by atoms with Gasteiger partial charge in [0.1, 0.15) is 5.82 Å². The molecule has 1 aromatic heterocycles. The molecular formula is C15H21N3O. The summed E-state index contributed by atoms with van der Waals surface area (Å²) in [5.41, 5.74) is 0.712. The molecule has 0 unspecified atom stereocenters. The molecule has 0 aromatic carbocycles. The summed E-state index contributed by atoms with van der Waals surface area (Å²) >= 11 is 0. The van der Waals surface area contributed by atoms with Crippen LogP contribution in [0, 0.1) is 0 Å². The van der Waals surface area contributed by atoms with E-state index in [4.69, 9.17) is 0 Å². The van der Waals surface area contributed by atoms with Gasteiger partial charge in [-0.15, -0.1) is 0 Å². The number of amides is 1. The van der Waals surface area contributed by atoms with E-state index in [9.17, 15) is 4.79 Å². The Hall–Kier alpha value is -1.58. The van der Waals surface area contributed by atoms with Gasteiger partial charge in [-0.2, -0.15) is 0 Å². The lowest BCUT2D eigenvalue weighted by Crippen LogP contribution is -2.33. The quantitative estimate of drug-likeness (QED) is 0.874. The molecule has 4 nitrogen and oxygen atoms in total. The SMILES string of the molecule is O=C(NC1CCCC1)c1ccnc(NC2CCC2)c1. The highest BCUT2D eigenvalue weighted by Crippen LogP contribution is 2.23. The number of carbonyl (C=O) groups is 1. The normalized spacial score (nSPS) is 20.0. The van der Waals surface area contributed by atoms with Crippen molar-refractivity contribution in [3.8, 4) is 0 Å². The average molecular weight is 259 g/mol. The predicted octanol–water partition coefficient (Wildman–Crippen LogP) is 2.72. The van der Waals surface area contributed by atoms with Gasteiger partial charge in [0.25, 0.3) is 5.91 Å². The Labute approximate surface area is 114 Å². The van der Waals surface area contributed by atoms with E-state index in [2.05, 4.69) is 15.6 Å². The maximum atomic E-state index is 12.2. The summed E-state index contributed by atoms with van der Waals surface area (Å²) in [6, 6.07) is 4.56. The molecule has 0 bridgehead atoms. The molecule has 2 N–H and O–H groups in total. The summed E-state index contributed by atoms with van der Waals surface area (Å²) in [5, 5.41) is 6.49. The summed E-state index contributed by atoms with van der Waals surface area (Å²) in [7, 11) is 0. The molecule has 1 aromatic rings. The molecule has 2 saturated carbocycles. The lowest BCUT2D eigenvalue weighted by atomic mass is 9.93. The molecule has 0 saturated heterocycles. The van der Waals surface area contributed by atoms with Crippen molar-refractivity contribution in [2.45, 2.75) is 57.0 Å². The van der Waals surface area contributed by atoms with Gasteiger partial charge in [0.2, 0.25) is 0 Å². The zero-order chi connectivity index (χ0) is 13.1. The van der Waals surface area contributed by atoms with Crippen LogP contribution in [-0.4, -0.2) is 23.0 Å². The van der Waals surface area contributed by atoms with Gasteiger partial charge in [-0.05, 0) is 44.2 Å². The highest BCUT2D eigenvalue weighted by Gasteiger charge is 2.20. The fraction of sp³-hybridized carbons (Fsp3) is 0.600. The highest BCUT2D eigenvalue weighted by molar-refractivity contribution is 5.95. The van der Waals surface area contributed by atoms with Crippen LogP contribution in [0.3, 0.4) is 0 Å². The van der Waals surface area contributed by atoms with Crippen LogP contribution in [-0.2, 0) is 0 Å². The van der Waals surface area contributed by atoms with E-state index >= 15 is 0 Å². The van der Waals surface area contributed by atoms with E-state index in [1.807, 2.05) is 6.07 Å². The molecule has 0 atom stereocenters. The number of anilines is 1. The number of hydrogen-bond donors (Lipinski definition) is 2. The van der Waals surface area contributed by atoms with Crippen LogP contribution in [0.1, 0.15) is 55.3 Å². The largest absolute Gasteiger partial charge is 0.367 e. The fourth-order valence-corrected chi connectivity index (χ4v) is 2.75. The minimum atomic E-state index is 0.0333. The average Bonchev–Trinajstić information content (AvgIpc) is 2.87. The molecule has 0 spiro atoms. The maximum absolute atomic E-state index is 12.2. The van der Waals surface area contributed by atoms with Crippen molar-refractivity contribution in [3.05, 3.63) is 23.9 Å². The van der Waals surface area contributed by atoms with Gasteiger partial charge in [-0.3, -0.25) is 4.79 Å². The maximum Gasteiger partial charge on any atom is 0.251 e. The zero-order valence-electron chi connectivity index (χ0n) is 11.2. The first kappa shape index (κ1) is 12.5. The van der Waals surface area contributed by atoms with Crippen molar-refractivity contribution >= 4 is 11.7 Å². The third-order valence-electron chi connectivity index (χ3n) is 4.17.